The molecule has 1 aliphatic rings. The molecule has 1 aromatic rings. The number of hydrogen-bond acceptors (Lipinski definition) is 5. The van der Waals surface area contributed by atoms with Gasteiger partial charge in [0.2, 0.25) is 0 Å². The molecule has 1 fully saturated rings. The van der Waals surface area contributed by atoms with Gasteiger partial charge in [-0.3, -0.25) is 4.98 Å². The van der Waals surface area contributed by atoms with Gasteiger partial charge in [-0.25, -0.2) is 4.98 Å². The number of aliphatic hydroxyl groups is 2. The quantitative estimate of drug-likeness (QED) is 0.752. The third-order valence-electron chi connectivity index (χ3n) is 3.00. The lowest BCUT2D eigenvalue weighted by Gasteiger charge is -2.37. The number of nitrogens with zero attached hydrogens (tertiary/aromatic N) is 3. The van der Waals surface area contributed by atoms with E-state index in [-0.39, 0.29) is 13.2 Å². The van der Waals surface area contributed by atoms with Crippen LogP contribution in [-0.4, -0.2) is 39.4 Å². The van der Waals surface area contributed by atoms with Crippen LogP contribution < -0.4 is 4.90 Å². The van der Waals surface area contributed by atoms with Crippen molar-refractivity contribution in [2.24, 2.45) is 0 Å². The van der Waals surface area contributed by atoms with E-state index in [1.807, 2.05) is 0 Å². The summed E-state index contributed by atoms with van der Waals surface area (Å²) in [5, 5.41) is 17.9. The molecule has 1 aromatic heterocycles. The zero-order chi connectivity index (χ0) is 11.4. The van der Waals surface area contributed by atoms with Gasteiger partial charge in [0.25, 0.3) is 0 Å². The predicted molar refractivity (Wildman–Crippen MR) is 60.0 cm³/mol. The third kappa shape index (κ3) is 2.31. The Kier molecular flexibility index (Phi) is 3.69. The second kappa shape index (κ2) is 5.23. The van der Waals surface area contributed by atoms with Crippen LogP contribution >= 0.6 is 0 Å². The normalized spacial score (nSPS) is 15.9. The fourth-order valence-corrected chi connectivity index (χ4v) is 1.87. The molecule has 2 rings (SSSR count). The lowest BCUT2D eigenvalue weighted by molar-refractivity contribution is 0.275. The van der Waals surface area contributed by atoms with Gasteiger partial charge in [0, 0.05) is 12.6 Å². The van der Waals surface area contributed by atoms with E-state index in [0.29, 0.717) is 18.3 Å². The predicted octanol–water partition coefficient (Wildman–Crippen LogP) is 0.320. The third-order valence-corrected chi connectivity index (χ3v) is 3.00. The summed E-state index contributed by atoms with van der Waals surface area (Å²) in [7, 11) is 0. The fraction of sp³-hybridized carbons (Fsp3) is 0.636. The van der Waals surface area contributed by atoms with E-state index in [1.165, 1.54) is 6.42 Å². The Balaban J connectivity index is 2.10. The Bertz CT molecular complexity index is 325. The molecule has 0 unspecified atom stereocenters. The van der Waals surface area contributed by atoms with Gasteiger partial charge in [-0.2, -0.15) is 0 Å². The highest BCUT2D eigenvalue weighted by molar-refractivity contribution is 5.38. The van der Waals surface area contributed by atoms with Gasteiger partial charge in [0.05, 0.1) is 31.3 Å². The maximum atomic E-state index is 9.04. The largest absolute Gasteiger partial charge is 0.395 e. The van der Waals surface area contributed by atoms with Gasteiger partial charge in [-0.15, -0.1) is 0 Å². The van der Waals surface area contributed by atoms with Crippen molar-refractivity contribution >= 4 is 5.82 Å². The maximum absolute atomic E-state index is 9.04. The van der Waals surface area contributed by atoms with E-state index in [2.05, 4.69) is 14.9 Å². The summed E-state index contributed by atoms with van der Waals surface area (Å²) in [5.74, 6) is 0.788. The average molecular weight is 223 g/mol. The summed E-state index contributed by atoms with van der Waals surface area (Å²) in [6.45, 7) is 0.633. The lowest BCUT2D eigenvalue weighted by Crippen LogP contribution is -2.42. The standard InChI is InChI=1S/C11H17N3O2/c15-5-4-14(10-2-1-3-10)11-7-12-9(8-16)6-13-11/h6-7,10,15-16H,1-5,8H2. The highest BCUT2D eigenvalue weighted by atomic mass is 16.3. The summed E-state index contributed by atoms with van der Waals surface area (Å²) < 4.78 is 0. The molecule has 2 N–H and O–H groups in total. The second-order valence-electron chi connectivity index (χ2n) is 4.03. The minimum absolute atomic E-state index is 0.0866. The molecule has 1 heterocycles. The van der Waals surface area contributed by atoms with Crippen molar-refractivity contribution < 1.29 is 10.2 Å². The van der Waals surface area contributed by atoms with Crippen molar-refractivity contribution in [3.63, 3.8) is 0 Å². The molecule has 0 aromatic carbocycles. The first-order chi connectivity index (χ1) is 7.85. The Hall–Kier alpha value is -1.20. The number of anilines is 1. The molecule has 16 heavy (non-hydrogen) atoms. The molecule has 0 radical (unpaired) electrons. The van der Waals surface area contributed by atoms with Gasteiger partial charge in [0.15, 0.2) is 0 Å². The lowest BCUT2D eigenvalue weighted by atomic mass is 9.91. The fourth-order valence-electron chi connectivity index (χ4n) is 1.87. The molecule has 1 aliphatic carbocycles. The van der Waals surface area contributed by atoms with E-state index in [1.54, 1.807) is 12.4 Å². The monoisotopic (exact) mass is 223 g/mol. The van der Waals surface area contributed by atoms with Crippen molar-refractivity contribution in [2.75, 3.05) is 18.1 Å². The number of rotatable bonds is 5. The smallest absolute Gasteiger partial charge is 0.147 e. The van der Waals surface area contributed by atoms with Gasteiger partial charge in [0.1, 0.15) is 5.82 Å². The van der Waals surface area contributed by atoms with E-state index < -0.39 is 0 Å². The van der Waals surface area contributed by atoms with Crippen molar-refractivity contribution in [1.29, 1.82) is 0 Å². The van der Waals surface area contributed by atoms with Crippen LogP contribution in [0, 0.1) is 0 Å². The first kappa shape index (κ1) is 11.3. The molecule has 0 saturated heterocycles. The summed E-state index contributed by atoms with van der Waals surface area (Å²) in [5.41, 5.74) is 0.571. The zero-order valence-corrected chi connectivity index (χ0v) is 9.21. The Labute approximate surface area is 94.8 Å². The van der Waals surface area contributed by atoms with Crippen molar-refractivity contribution in [1.82, 2.24) is 9.97 Å². The summed E-state index contributed by atoms with van der Waals surface area (Å²) in [6, 6.07) is 0.487. The van der Waals surface area contributed by atoms with E-state index in [0.717, 1.165) is 18.7 Å². The highest BCUT2D eigenvalue weighted by Crippen LogP contribution is 2.27. The number of hydrogen-bond donors (Lipinski definition) is 2. The molecule has 0 spiro atoms. The van der Waals surface area contributed by atoms with Crippen LogP contribution in [0.25, 0.3) is 0 Å². The minimum Gasteiger partial charge on any atom is -0.395 e. The average Bonchev–Trinajstić information content (AvgIpc) is 2.26. The van der Waals surface area contributed by atoms with Gasteiger partial charge in [-0.1, -0.05) is 0 Å². The molecule has 0 bridgehead atoms. The molecule has 0 amide bonds. The maximum Gasteiger partial charge on any atom is 0.147 e. The highest BCUT2D eigenvalue weighted by Gasteiger charge is 2.25. The van der Waals surface area contributed by atoms with Gasteiger partial charge < -0.3 is 15.1 Å². The van der Waals surface area contributed by atoms with Crippen molar-refractivity contribution in [3.8, 4) is 0 Å². The van der Waals surface area contributed by atoms with Crippen LogP contribution in [-0.2, 0) is 6.61 Å². The second-order valence-corrected chi connectivity index (χ2v) is 4.03. The van der Waals surface area contributed by atoms with Crippen molar-refractivity contribution in [3.05, 3.63) is 18.1 Å². The van der Waals surface area contributed by atoms with E-state index in [9.17, 15) is 0 Å². The first-order valence-electron chi connectivity index (χ1n) is 5.64. The van der Waals surface area contributed by atoms with Crippen LogP contribution in [0.2, 0.25) is 0 Å². The van der Waals surface area contributed by atoms with Crippen molar-refractivity contribution in [2.45, 2.75) is 31.9 Å². The number of aromatic nitrogens is 2. The van der Waals surface area contributed by atoms with Crippen LogP contribution in [0.3, 0.4) is 0 Å². The van der Waals surface area contributed by atoms with Crippen LogP contribution in [0.1, 0.15) is 25.0 Å². The molecule has 5 heteroatoms. The molecular weight excluding hydrogens is 206 g/mol. The Morgan fingerprint density at radius 1 is 1.25 bits per heavy atom. The zero-order valence-electron chi connectivity index (χ0n) is 9.21. The minimum atomic E-state index is -0.0866. The summed E-state index contributed by atoms with van der Waals surface area (Å²) in [6.07, 6.45) is 6.81. The molecule has 5 nitrogen and oxygen atoms in total. The Morgan fingerprint density at radius 2 is 2.06 bits per heavy atom. The molecule has 0 atom stereocenters. The molecular formula is C11H17N3O2. The number of aliphatic hydroxyl groups excluding tert-OH is 2. The Morgan fingerprint density at radius 3 is 2.50 bits per heavy atom. The summed E-state index contributed by atoms with van der Waals surface area (Å²) in [4.78, 5) is 10.5. The van der Waals surface area contributed by atoms with E-state index >= 15 is 0 Å². The topological polar surface area (TPSA) is 69.5 Å². The molecule has 88 valence electrons. The van der Waals surface area contributed by atoms with Crippen LogP contribution in [0.5, 0.6) is 0 Å². The summed E-state index contributed by atoms with van der Waals surface area (Å²) >= 11 is 0. The van der Waals surface area contributed by atoms with Gasteiger partial charge in [-0.05, 0) is 19.3 Å². The van der Waals surface area contributed by atoms with Crippen LogP contribution in [0.4, 0.5) is 5.82 Å². The molecule has 0 aliphatic heterocycles. The van der Waals surface area contributed by atoms with E-state index in [4.69, 9.17) is 10.2 Å². The first-order valence-corrected chi connectivity index (χ1v) is 5.64. The van der Waals surface area contributed by atoms with Gasteiger partial charge >= 0.3 is 0 Å². The molecule has 1 saturated carbocycles. The van der Waals surface area contributed by atoms with Crippen LogP contribution in [0.15, 0.2) is 12.4 Å². The SMILES string of the molecule is OCCN(c1cnc(CO)cn1)C1CCC1.